The summed E-state index contributed by atoms with van der Waals surface area (Å²) in [4.78, 5) is 31.1. The van der Waals surface area contributed by atoms with Gasteiger partial charge in [-0.05, 0) is 67.3 Å². The first kappa shape index (κ1) is 20.7. The normalized spacial score (nSPS) is 13.8. The Morgan fingerprint density at radius 2 is 1.97 bits per heavy atom. The van der Waals surface area contributed by atoms with Crippen LogP contribution in [0.15, 0.2) is 53.3 Å². The smallest absolute Gasteiger partial charge is 0.345 e. The van der Waals surface area contributed by atoms with E-state index < -0.39 is 5.69 Å². The van der Waals surface area contributed by atoms with Crippen molar-refractivity contribution in [3.05, 3.63) is 64.6 Å². The lowest BCUT2D eigenvalue weighted by atomic mass is 10.1. The first-order chi connectivity index (χ1) is 15.0. The predicted octanol–water partition coefficient (Wildman–Crippen LogP) is 3.56. The third-order valence-electron chi connectivity index (χ3n) is 5.47. The molecule has 1 amide bonds. The van der Waals surface area contributed by atoms with Gasteiger partial charge in [-0.25, -0.2) is 4.79 Å². The molecule has 0 bridgehead atoms. The molecule has 0 unspecified atom stereocenters. The number of aromatic hydroxyl groups is 1. The van der Waals surface area contributed by atoms with E-state index in [0.717, 1.165) is 31.2 Å². The average molecular weight is 419 g/mol. The van der Waals surface area contributed by atoms with E-state index in [0.29, 0.717) is 28.3 Å². The molecular weight excluding hydrogens is 394 g/mol. The van der Waals surface area contributed by atoms with E-state index in [1.54, 1.807) is 49.4 Å². The number of phenols is 1. The lowest BCUT2D eigenvalue weighted by Crippen LogP contribution is -2.36. The molecule has 1 saturated carbocycles. The summed E-state index contributed by atoms with van der Waals surface area (Å²) >= 11 is 0. The zero-order chi connectivity index (χ0) is 21.8. The van der Waals surface area contributed by atoms with Crippen molar-refractivity contribution in [3.8, 4) is 34.0 Å². The molecule has 1 fully saturated rings. The molecule has 0 aliphatic heterocycles. The summed E-state index contributed by atoms with van der Waals surface area (Å²) in [7, 11) is 0. The number of benzene rings is 2. The minimum absolute atomic E-state index is 0.0548. The van der Waals surface area contributed by atoms with Gasteiger partial charge in [0.15, 0.2) is 6.61 Å². The Morgan fingerprint density at radius 3 is 2.74 bits per heavy atom. The molecule has 0 spiro atoms. The number of amides is 1. The van der Waals surface area contributed by atoms with Gasteiger partial charge in [-0.15, -0.1) is 0 Å². The summed E-state index contributed by atoms with van der Waals surface area (Å²) in [6.45, 7) is 1.74. The molecule has 0 saturated heterocycles. The van der Waals surface area contributed by atoms with Crippen LogP contribution in [0.4, 0.5) is 0 Å². The third kappa shape index (κ3) is 5.12. The Bertz CT molecular complexity index is 1150. The van der Waals surface area contributed by atoms with E-state index in [2.05, 4.69) is 15.3 Å². The summed E-state index contributed by atoms with van der Waals surface area (Å²) in [5, 5.41) is 12.7. The minimum atomic E-state index is -0.472. The highest BCUT2D eigenvalue weighted by atomic mass is 16.5. The number of phenolic OH excluding ortho intramolecular Hbond substituents is 1. The van der Waals surface area contributed by atoms with Crippen LogP contribution in [0.3, 0.4) is 0 Å². The number of aromatic amines is 1. The SMILES string of the molecule is Cc1cc(-c2cc(-c3cccc(OCC(=O)NC4CCCC4)c3)nc(=O)[nH]2)ccc1O. The number of H-pyrrole nitrogens is 1. The number of rotatable bonds is 6. The molecule has 1 aliphatic rings. The largest absolute Gasteiger partial charge is 0.508 e. The molecule has 7 nitrogen and oxygen atoms in total. The lowest BCUT2D eigenvalue weighted by molar-refractivity contribution is -0.123. The number of hydrogen-bond donors (Lipinski definition) is 3. The van der Waals surface area contributed by atoms with Crippen LogP contribution < -0.4 is 15.7 Å². The van der Waals surface area contributed by atoms with E-state index in [1.807, 2.05) is 6.07 Å². The molecule has 0 radical (unpaired) electrons. The van der Waals surface area contributed by atoms with Crippen molar-refractivity contribution in [2.45, 2.75) is 38.6 Å². The highest BCUT2D eigenvalue weighted by Crippen LogP contribution is 2.27. The van der Waals surface area contributed by atoms with Gasteiger partial charge in [0.2, 0.25) is 0 Å². The fraction of sp³-hybridized carbons (Fsp3) is 0.292. The van der Waals surface area contributed by atoms with E-state index in [-0.39, 0.29) is 24.3 Å². The highest BCUT2D eigenvalue weighted by molar-refractivity contribution is 5.78. The summed E-state index contributed by atoms with van der Waals surface area (Å²) in [6, 6.07) is 14.3. The Kier molecular flexibility index (Phi) is 6.02. The number of carbonyl (C=O) groups is 1. The number of hydrogen-bond acceptors (Lipinski definition) is 5. The quantitative estimate of drug-likeness (QED) is 0.567. The maximum absolute atomic E-state index is 12.2. The van der Waals surface area contributed by atoms with Gasteiger partial charge in [-0.2, -0.15) is 4.98 Å². The molecule has 1 aliphatic carbocycles. The number of ether oxygens (including phenoxy) is 1. The summed E-state index contributed by atoms with van der Waals surface area (Å²) in [6.07, 6.45) is 4.36. The van der Waals surface area contributed by atoms with E-state index in [4.69, 9.17) is 4.74 Å². The van der Waals surface area contributed by atoms with Crippen molar-refractivity contribution in [2.24, 2.45) is 0 Å². The van der Waals surface area contributed by atoms with Crippen molar-refractivity contribution in [1.29, 1.82) is 0 Å². The van der Waals surface area contributed by atoms with Crippen LogP contribution >= 0.6 is 0 Å². The molecule has 3 N–H and O–H groups in total. The highest BCUT2D eigenvalue weighted by Gasteiger charge is 2.17. The van der Waals surface area contributed by atoms with Gasteiger partial charge in [0.1, 0.15) is 11.5 Å². The van der Waals surface area contributed by atoms with E-state index in [1.165, 1.54) is 0 Å². The molecule has 2 aromatic carbocycles. The number of carbonyl (C=O) groups excluding carboxylic acids is 1. The van der Waals surface area contributed by atoms with Crippen LogP contribution in [0.5, 0.6) is 11.5 Å². The second kappa shape index (κ2) is 9.04. The van der Waals surface area contributed by atoms with Gasteiger partial charge in [0.25, 0.3) is 5.91 Å². The van der Waals surface area contributed by atoms with Crippen molar-refractivity contribution >= 4 is 5.91 Å². The lowest BCUT2D eigenvalue weighted by Gasteiger charge is -2.13. The molecule has 3 aromatic rings. The van der Waals surface area contributed by atoms with Gasteiger partial charge in [-0.3, -0.25) is 4.79 Å². The predicted molar refractivity (Wildman–Crippen MR) is 118 cm³/mol. The number of nitrogens with one attached hydrogen (secondary N) is 2. The molecule has 4 rings (SSSR count). The van der Waals surface area contributed by atoms with Crippen LogP contribution in [0.25, 0.3) is 22.5 Å². The van der Waals surface area contributed by atoms with Gasteiger partial charge in [0.05, 0.1) is 11.4 Å². The van der Waals surface area contributed by atoms with Gasteiger partial charge >= 0.3 is 5.69 Å². The third-order valence-corrected chi connectivity index (χ3v) is 5.47. The van der Waals surface area contributed by atoms with Gasteiger partial charge < -0.3 is 20.1 Å². The second-order valence-corrected chi connectivity index (χ2v) is 7.85. The van der Waals surface area contributed by atoms with Crippen LogP contribution in [-0.4, -0.2) is 33.6 Å². The van der Waals surface area contributed by atoms with Crippen LogP contribution in [0, 0.1) is 6.92 Å². The summed E-state index contributed by atoms with van der Waals surface area (Å²) in [5.74, 6) is 0.599. The molecule has 7 heteroatoms. The molecule has 160 valence electrons. The fourth-order valence-electron chi connectivity index (χ4n) is 3.82. The zero-order valence-corrected chi connectivity index (χ0v) is 17.4. The van der Waals surface area contributed by atoms with Crippen LogP contribution in [0.1, 0.15) is 31.2 Å². The molecule has 31 heavy (non-hydrogen) atoms. The number of aryl methyl sites for hydroxylation is 1. The first-order valence-corrected chi connectivity index (χ1v) is 10.4. The van der Waals surface area contributed by atoms with Crippen LogP contribution in [-0.2, 0) is 4.79 Å². The number of nitrogens with zero attached hydrogens (tertiary/aromatic N) is 1. The maximum atomic E-state index is 12.2. The van der Waals surface area contributed by atoms with Crippen LogP contribution in [0.2, 0.25) is 0 Å². The first-order valence-electron chi connectivity index (χ1n) is 10.4. The molecule has 1 aromatic heterocycles. The Labute approximate surface area is 180 Å². The second-order valence-electron chi connectivity index (χ2n) is 7.85. The molecule has 0 atom stereocenters. The van der Waals surface area contributed by atoms with Crippen molar-refractivity contribution < 1.29 is 14.6 Å². The maximum Gasteiger partial charge on any atom is 0.345 e. The molecular formula is C24H25N3O4. The van der Waals surface area contributed by atoms with E-state index >= 15 is 0 Å². The van der Waals surface area contributed by atoms with Crippen molar-refractivity contribution in [2.75, 3.05) is 6.61 Å². The summed E-state index contributed by atoms with van der Waals surface area (Å²) in [5.41, 5.74) is 2.80. The zero-order valence-electron chi connectivity index (χ0n) is 17.4. The topological polar surface area (TPSA) is 104 Å². The minimum Gasteiger partial charge on any atom is -0.508 e. The fourth-order valence-corrected chi connectivity index (χ4v) is 3.82. The summed E-state index contributed by atoms with van der Waals surface area (Å²) < 4.78 is 5.66. The van der Waals surface area contributed by atoms with E-state index in [9.17, 15) is 14.7 Å². The number of aromatic nitrogens is 2. The molecule has 1 heterocycles. The van der Waals surface area contributed by atoms with Gasteiger partial charge in [0, 0.05) is 11.6 Å². The Hall–Kier alpha value is -3.61. The average Bonchev–Trinajstić information content (AvgIpc) is 3.27. The standard InChI is InChI=1S/C24H25N3O4/c1-15-11-17(9-10-22(15)28)21-13-20(26-24(30)27-21)16-5-4-8-19(12-16)31-14-23(29)25-18-6-2-3-7-18/h4-5,8-13,18,28H,2-3,6-7,14H2,1H3,(H,25,29)(H,26,27,30). The Morgan fingerprint density at radius 1 is 1.16 bits per heavy atom. The monoisotopic (exact) mass is 419 g/mol. The Balaban J connectivity index is 1.51. The van der Waals surface area contributed by atoms with Crippen molar-refractivity contribution in [3.63, 3.8) is 0 Å². The van der Waals surface area contributed by atoms with Crippen molar-refractivity contribution in [1.82, 2.24) is 15.3 Å². The van der Waals surface area contributed by atoms with Gasteiger partial charge in [-0.1, -0.05) is 25.0 Å².